The van der Waals surface area contributed by atoms with Crippen LogP contribution in [0.5, 0.6) is 0 Å². The van der Waals surface area contributed by atoms with Crippen LogP contribution in [0.25, 0.3) is 11.3 Å². The number of aromatic nitrogens is 3. The van der Waals surface area contributed by atoms with Crippen molar-refractivity contribution in [2.45, 2.75) is 51.9 Å². The van der Waals surface area contributed by atoms with E-state index in [1.54, 1.807) is 18.2 Å². The summed E-state index contributed by atoms with van der Waals surface area (Å²) in [4.78, 5) is 23.9. The summed E-state index contributed by atoms with van der Waals surface area (Å²) < 4.78 is 19.3. The fourth-order valence-electron chi connectivity index (χ4n) is 4.03. The summed E-state index contributed by atoms with van der Waals surface area (Å²) in [7, 11) is 0. The molecule has 0 saturated carbocycles. The van der Waals surface area contributed by atoms with Gasteiger partial charge in [0.15, 0.2) is 5.76 Å². The number of nitrogens with zero attached hydrogens (tertiary/aromatic N) is 4. The average molecular weight is 423 g/mol. The van der Waals surface area contributed by atoms with Gasteiger partial charge in [-0.25, -0.2) is 14.4 Å². The molecule has 3 heterocycles. The predicted octanol–water partition coefficient (Wildman–Crippen LogP) is 4.65. The maximum Gasteiger partial charge on any atom is 0.227 e. The van der Waals surface area contributed by atoms with E-state index < -0.39 is 0 Å². The van der Waals surface area contributed by atoms with Crippen molar-refractivity contribution >= 4 is 5.91 Å². The second-order valence-electron chi connectivity index (χ2n) is 8.44. The summed E-state index contributed by atoms with van der Waals surface area (Å²) in [5, 5.41) is 3.97. The molecule has 1 amide bonds. The van der Waals surface area contributed by atoms with E-state index in [1.165, 1.54) is 6.07 Å². The number of hydrogen-bond acceptors (Lipinski definition) is 5. The number of carbonyl (C=O) groups excluding carboxylic acids is 1. The standard InChI is InChI=1S/C24H27FN4O2/c1-15(2)23-19(21-12-16(3)28-31-21)14-26-24(27-23)17-8-10-29(11-9-17)22(30)13-18-6-4-5-7-20(18)25/h4-7,12,14-15,17H,8-11,13H2,1-3H3. The van der Waals surface area contributed by atoms with Gasteiger partial charge in [0.25, 0.3) is 0 Å². The fourth-order valence-corrected chi connectivity index (χ4v) is 4.03. The number of aryl methyl sites for hydroxylation is 1. The van der Waals surface area contributed by atoms with Crippen LogP contribution in [0.4, 0.5) is 4.39 Å². The first-order valence-corrected chi connectivity index (χ1v) is 10.7. The van der Waals surface area contributed by atoms with Gasteiger partial charge in [-0.2, -0.15) is 0 Å². The van der Waals surface area contributed by atoms with Crippen molar-refractivity contribution in [3.8, 4) is 11.3 Å². The molecule has 0 N–H and O–H groups in total. The van der Waals surface area contributed by atoms with Crippen molar-refractivity contribution in [3.05, 3.63) is 65.1 Å². The Morgan fingerprint density at radius 3 is 2.65 bits per heavy atom. The molecule has 0 aliphatic carbocycles. The molecule has 3 aromatic rings. The molecule has 0 unspecified atom stereocenters. The minimum atomic E-state index is -0.331. The minimum absolute atomic E-state index is 0.0385. The van der Waals surface area contributed by atoms with Crippen LogP contribution in [0.2, 0.25) is 0 Å². The molecule has 4 rings (SSSR count). The molecule has 31 heavy (non-hydrogen) atoms. The van der Waals surface area contributed by atoms with Gasteiger partial charge in [0.2, 0.25) is 5.91 Å². The average Bonchev–Trinajstić information content (AvgIpc) is 3.21. The van der Waals surface area contributed by atoms with E-state index in [4.69, 9.17) is 9.51 Å². The van der Waals surface area contributed by atoms with Gasteiger partial charge in [0, 0.05) is 31.3 Å². The third-order valence-corrected chi connectivity index (χ3v) is 5.79. The lowest BCUT2D eigenvalue weighted by molar-refractivity contribution is -0.131. The second kappa shape index (κ2) is 8.96. The summed E-state index contributed by atoms with van der Waals surface area (Å²) in [5.74, 6) is 1.53. The molecule has 7 heteroatoms. The number of halogens is 1. The molecule has 0 spiro atoms. The molecule has 1 saturated heterocycles. The van der Waals surface area contributed by atoms with E-state index in [0.717, 1.165) is 35.6 Å². The largest absolute Gasteiger partial charge is 0.356 e. The summed E-state index contributed by atoms with van der Waals surface area (Å²) in [6.07, 6.45) is 3.51. The molecule has 162 valence electrons. The molecule has 1 aliphatic heterocycles. The van der Waals surface area contributed by atoms with Crippen LogP contribution in [-0.4, -0.2) is 39.0 Å². The van der Waals surface area contributed by atoms with Crippen molar-refractivity contribution in [2.24, 2.45) is 0 Å². The topological polar surface area (TPSA) is 72.1 Å². The van der Waals surface area contributed by atoms with Gasteiger partial charge < -0.3 is 9.42 Å². The number of amides is 1. The molecule has 0 bridgehead atoms. The van der Waals surface area contributed by atoms with Crippen LogP contribution in [0.1, 0.15) is 61.3 Å². The number of rotatable bonds is 5. The van der Waals surface area contributed by atoms with E-state index in [1.807, 2.05) is 24.1 Å². The zero-order valence-electron chi connectivity index (χ0n) is 18.1. The zero-order chi connectivity index (χ0) is 22.0. The summed E-state index contributed by atoms with van der Waals surface area (Å²) in [6.45, 7) is 7.34. The molecule has 0 atom stereocenters. The lowest BCUT2D eigenvalue weighted by Gasteiger charge is -2.31. The molecule has 1 aliphatic rings. The molecule has 0 radical (unpaired) electrons. The van der Waals surface area contributed by atoms with Crippen LogP contribution >= 0.6 is 0 Å². The normalized spacial score (nSPS) is 14.9. The van der Waals surface area contributed by atoms with E-state index in [0.29, 0.717) is 24.4 Å². The number of hydrogen-bond donors (Lipinski definition) is 0. The number of likely N-dealkylation sites (tertiary alicyclic amines) is 1. The first-order chi connectivity index (χ1) is 14.9. The number of benzene rings is 1. The Balaban J connectivity index is 1.44. The van der Waals surface area contributed by atoms with E-state index >= 15 is 0 Å². The molecular formula is C24H27FN4O2. The molecule has 1 fully saturated rings. The lowest BCUT2D eigenvalue weighted by atomic mass is 9.94. The van der Waals surface area contributed by atoms with Crippen LogP contribution < -0.4 is 0 Å². The van der Waals surface area contributed by atoms with E-state index in [2.05, 4.69) is 24.0 Å². The summed E-state index contributed by atoms with van der Waals surface area (Å²) in [6, 6.07) is 8.34. The third-order valence-electron chi connectivity index (χ3n) is 5.79. The van der Waals surface area contributed by atoms with Crippen LogP contribution in [-0.2, 0) is 11.2 Å². The van der Waals surface area contributed by atoms with Gasteiger partial charge >= 0.3 is 0 Å². The summed E-state index contributed by atoms with van der Waals surface area (Å²) >= 11 is 0. The third kappa shape index (κ3) is 4.65. The second-order valence-corrected chi connectivity index (χ2v) is 8.44. The Hall–Kier alpha value is -3.09. The highest BCUT2D eigenvalue weighted by Gasteiger charge is 2.27. The number of piperidine rings is 1. The highest BCUT2D eigenvalue weighted by Crippen LogP contribution is 2.31. The lowest BCUT2D eigenvalue weighted by Crippen LogP contribution is -2.39. The molecule has 2 aromatic heterocycles. The van der Waals surface area contributed by atoms with Crippen molar-refractivity contribution in [1.29, 1.82) is 0 Å². The van der Waals surface area contributed by atoms with Gasteiger partial charge in [0.05, 0.1) is 23.4 Å². The Bertz CT molecular complexity index is 1070. The van der Waals surface area contributed by atoms with Crippen molar-refractivity contribution in [2.75, 3.05) is 13.1 Å². The Morgan fingerprint density at radius 2 is 2.00 bits per heavy atom. The molecular weight excluding hydrogens is 395 g/mol. The van der Waals surface area contributed by atoms with Crippen LogP contribution in [0.3, 0.4) is 0 Å². The monoisotopic (exact) mass is 422 g/mol. The Kier molecular flexibility index (Phi) is 6.11. The van der Waals surface area contributed by atoms with Crippen molar-refractivity contribution < 1.29 is 13.7 Å². The van der Waals surface area contributed by atoms with Gasteiger partial charge in [-0.1, -0.05) is 37.2 Å². The minimum Gasteiger partial charge on any atom is -0.356 e. The highest BCUT2D eigenvalue weighted by atomic mass is 19.1. The van der Waals surface area contributed by atoms with E-state index in [-0.39, 0.29) is 30.0 Å². The predicted molar refractivity (Wildman–Crippen MR) is 115 cm³/mol. The van der Waals surface area contributed by atoms with Gasteiger partial charge in [-0.05, 0) is 37.3 Å². The van der Waals surface area contributed by atoms with Gasteiger partial charge in [-0.3, -0.25) is 4.79 Å². The Labute approximate surface area is 181 Å². The molecule has 1 aromatic carbocycles. The summed E-state index contributed by atoms with van der Waals surface area (Å²) in [5.41, 5.74) is 3.08. The first kappa shape index (κ1) is 21.2. The fraction of sp³-hybridized carbons (Fsp3) is 0.417. The van der Waals surface area contributed by atoms with Crippen LogP contribution in [0, 0.1) is 12.7 Å². The smallest absolute Gasteiger partial charge is 0.227 e. The molecule has 6 nitrogen and oxygen atoms in total. The van der Waals surface area contributed by atoms with Gasteiger partial charge in [0.1, 0.15) is 11.6 Å². The SMILES string of the molecule is Cc1cc(-c2cnc(C3CCN(C(=O)Cc4ccccc4F)CC3)nc2C(C)C)on1. The maximum absolute atomic E-state index is 13.9. The quantitative estimate of drug-likeness (QED) is 0.598. The Morgan fingerprint density at radius 1 is 1.26 bits per heavy atom. The van der Waals surface area contributed by atoms with Crippen LogP contribution in [0.15, 0.2) is 41.1 Å². The number of carbonyl (C=O) groups is 1. The highest BCUT2D eigenvalue weighted by molar-refractivity contribution is 5.79. The maximum atomic E-state index is 13.9. The zero-order valence-corrected chi connectivity index (χ0v) is 18.1. The van der Waals surface area contributed by atoms with Crippen molar-refractivity contribution in [1.82, 2.24) is 20.0 Å². The first-order valence-electron chi connectivity index (χ1n) is 10.7. The van der Waals surface area contributed by atoms with Crippen molar-refractivity contribution in [3.63, 3.8) is 0 Å². The van der Waals surface area contributed by atoms with Gasteiger partial charge in [-0.15, -0.1) is 0 Å². The van der Waals surface area contributed by atoms with E-state index in [9.17, 15) is 9.18 Å².